The van der Waals surface area contributed by atoms with Gasteiger partial charge in [0.15, 0.2) is 0 Å². The zero-order chi connectivity index (χ0) is 11.4. The zero-order valence-electron chi connectivity index (χ0n) is 8.66. The van der Waals surface area contributed by atoms with Gasteiger partial charge in [-0.2, -0.15) is 0 Å². The van der Waals surface area contributed by atoms with Crippen LogP contribution >= 0.6 is 15.9 Å². The van der Waals surface area contributed by atoms with Crippen LogP contribution in [0.2, 0.25) is 0 Å². The molecule has 0 bridgehead atoms. The maximum atomic E-state index is 11.3. The Labute approximate surface area is 97.2 Å². The number of hydrogen-bond donors (Lipinski definition) is 1. The highest BCUT2D eigenvalue weighted by Crippen LogP contribution is 2.21. The number of benzene rings is 1. The van der Waals surface area contributed by atoms with Crippen LogP contribution in [0.3, 0.4) is 0 Å². The van der Waals surface area contributed by atoms with E-state index in [4.69, 9.17) is 0 Å². The molecule has 0 amide bonds. The third-order valence-corrected chi connectivity index (χ3v) is 2.31. The van der Waals surface area contributed by atoms with Crippen molar-refractivity contribution in [2.75, 3.05) is 7.11 Å². The smallest absolute Gasteiger partial charge is 0.341 e. The fourth-order valence-corrected chi connectivity index (χ4v) is 1.68. The largest absolute Gasteiger partial charge is 0.507 e. The summed E-state index contributed by atoms with van der Waals surface area (Å²) in [5.41, 5.74) is 1.20. The monoisotopic (exact) mass is 272 g/mol. The first-order chi connectivity index (χ1) is 7.04. The lowest BCUT2D eigenvalue weighted by molar-refractivity contribution is 0.0597. The van der Waals surface area contributed by atoms with Gasteiger partial charge in [-0.15, -0.1) is 0 Å². The summed E-state index contributed by atoms with van der Waals surface area (Å²) in [4.78, 5) is 11.6. The van der Waals surface area contributed by atoms with E-state index in [1.807, 2.05) is 6.92 Å². The highest BCUT2D eigenvalue weighted by Gasteiger charge is 2.12. The van der Waals surface area contributed by atoms with Crippen molar-refractivity contribution in [2.24, 2.45) is 0 Å². The number of rotatable bonds is 3. The molecule has 0 aromatic heterocycles. The fraction of sp³-hybridized carbons (Fsp3) is 0.364. The van der Waals surface area contributed by atoms with E-state index >= 15 is 0 Å². The van der Waals surface area contributed by atoms with Crippen LogP contribution in [0.25, 0.3) is 0 Å². The molecule has 1 unspecified atom stereocenters. The predicted molar refractivity (Wildman–Crippen MR) is 61.5 cm³/mol. The SMILES string of the molecule is COC(=O)c1cc(CC(C)Br)ccc1O. The number of methoxy groups -OCH3 is 1. The number of esters is 1. The molecule has 4 heteroatoms. The van der Waals surface area contributed by atoms with Crippen molar-refractivity contribution in [1.29, 1.82) is 0 Å². The van der Waals surface area contributed by atoms with Gasteiger partial charge in [0.05, 0.1) is 7.11 Å². The molecule has 1 N–H and O–H groups in total. The molecule has 0 aliphatic heterocycles. The van der Waals surface area contributed by atoms with Gasteiger partial charge in [0.1, 0.15) is 11.3 Å². The molecule has 1 atom stereocenters. The lowest BCUT2D eigenvalue weighted by atomic mass is 10.1. The number of ether oxygens (including phenoxy) is 1. The maximum absolute atomic E-state index is 11.3. The van der Waals surface area contributed by atoms with Crippen molar-refractivity contribution in [2.45, 2.75) is 18.2 Å². The van der Waals surface area contributed by atoms with Crippen LogP contribution in [0.1, 0.15) is 22.8 Å². The van der Waals surface area contributed by atoms with Crippen molar-refractivity contribution in [3.05, 3.63) is 29.3 Å². The standard InChI is InChI=1S/C11H13BrO3/c1-7(12)5-8-3-4-10(13)9(6-8)11(14)15-2/h3-4,6-7,13H,5H2,1-2H3. The lowest BCUT2D eigenvalue weighted by Gasteiger charge is -2.07. The molecule has 82 valence electrons. The number of hydrogen-bond acceptors (Lipinski definition) is 3. The molecule has 0 radical (unpaired) electrons. The average Bonchev–Trinajstić information content (AvgIpc) is 2.19. The van der Waals surface area contributed by atoms with Crippen LogP contribution in [0.4, 0.5) is 0 Å². The van der Waals surface area contributed by atoms with E-state index < -0.39 is 5.97 Å². The quantitative estimate of drug-likeness (QED) is 0.680. The number of halogens is 1. The van der Waals surface area contributed by atoms with Gasteiger partial charge in [-0.05, 0) is 24.1 Å². The van der Waals surface area contributed by atoms with E-state index in [0.29, 0.717) is 4.83 Å². The minimum atomic E-state index is -0.517. The highest BCUT2D eigenvalue weighted by atomic mass is 79.9. The van der Waals surface area contributed by atoms with Crippen LogP contribution in [0.5, 0.6) is 5.75 Å². The van der Waals surface area contributed by atoms with Gasteiger partial charge in [0.25, 0.3) is 0 Å². The molecule has 0 saturated heterocycles. The van der Waals surface area contributed by atoms with E-state index in [1.54, 1.807) is 12.1 Å². The Morgan fingerprint density at radius 3 is 2.80 bits per heavy atom. The molecule has 0 saturated carbocycles. The van der Waals surface area contributed by atoms with Crippen molar-refractivity contribution >= 4 is 21.9 Å². The first-order valence-corrected chi connectivity index (χ1v) is 5.50. The summed E-state index contributed by atoms with van der Waals surface area (Å²) in [7, 11) is 1.29. The molecule has 1 aromatic carbocycles. The van der Waals surface area contributed by atoms with Crippen molar-refractivity contribution in [3.63, 3.8) is 0 Å². The normalized spacial score (nSPS) is 12.2. The lowest BCUT2D eigenvalue weighted by Crippen LogP contribution is -2.04. The third-order valence-electron chi connectivity index (χ3n) is 1.98. The number of phenols is 1. The Morgan fingerprint density at radius 1 is 1.60 bits per heavy atom. The summed E-state index contributed by atoms with van der Waals surface area (Å²) >= 11 is 3.43. The zero-order valence-corrected chi connectivity index (χ0v) is 10.2. The van der Waals surface area contributed by atoms with Gasteiger partial charge in [0.2, 0.25) is 0 Å². The van der Waals surface area contributed by atoms with Gasteiger partial charge >= 0.3 is 5.97 Å². The number of aromatic hydroxyl groups is 1. The Bertz CT molecular complexity index is 361. The Hall–Kier alpha value is -1.03. The molecule has 1 rings (SSSR count). The van der Waals surface area contributed by atoms with Gasteiger partial charge in [0, 0.05) is 4.83 Å². The second kappa shape index (κ2) is 5.16. The van der Waals surface area contributed by atoms with E-state index in [-0.39, 0.29) is 11.3 Å². The molecule has 0 heterocycles. The first kappa shape index (κ1) is 12.0. The summed E-state index contributed by atoms with van der Waals surface area (Å²) in [5, 5.41) is 9.46. The van der Waals surface area contributed by atoms with Gasteiger partial charge in [-0.3, -0.25) is 0 Å². The summed E-state index contributed by atoms with van der Waals surface area (Å²) in [5.74, 6) is -0.565. The van der Waals surface area contributed by atoms with Crippen LogP contribution in [0.15, 0.2) is 18.2 Å². The number of phenolic OH excluding ortho intramolecular Hbond substituents is 1. The van der Waals surface area contributed by atoms with E-state index in [1.165, 1.54) is 13.2 Å². The number of carbonyl (C=O) groups excluding carboxylic acids is 1. The summed E-state index contributed by atoms with van der Waals surface area (Å²) in [6.07, 6.45) is 0.796. The van der Waals surface area contributed by atoms with Crippen LogP contribution in [-0.4, -0.2) is 23.0 Å². The molecule has 3 nitrogen and oxygen atoms in total. The second-order valence-corrected chi connectivity index (χ2v) is 4.89. The van der Waals surface area contributed by atoms with E-state index in [2.05, 4.69) is 20.7 Å². The summed E-state index contributed by atoms with van der Waals surface area (Å²) < 4.78 is 4.57. The Morgan fingerprint density at radius 2 is 2.27 bits per heavy atom. The third kappa shape index (κ3) is 3.23. The van der Waals surface area contributed by atoms with E-state index in [9.17, 15) is 9.90 Å². The fourth-order valence-electron chi connectivity index (χ4n) is 1.31. The molecule has 0 aliphatic carbocycles. The van der Waals surface area contributed by atoms with Crippen LogP contribution in [-0.2, 0) is 11.2 Å². The van der Waals surface area contributed by atoms with Crippen LogP contribution < -0.4 is 0 Å². The first-order valence-electron chi connectivity index (χ1n) is 4.59. The second-order valence-electron chi connectivity index (χ2n) is 3.33. The minimum absolute atomic E-state index is 0.0483. The summed E-state index contributed by atoms with van der Waals surface area (Å²) in [6, 6.07) is 4.95. The predicted octanol–water partition coefficient (Wildman–Crippen LogP) is 2.50. The molecule has 0 fully saturated rings. The van der Waals surface area contributed by atoms with Crippen molar-refractivity contribution in [1.82, 2.24) is 0 Å². The van der Waals surface area contributed by atoms with E-state index in [0.717, 1.165) is 12.0 Å². The van der Waals surface area contributed by atoms with Crippen LogP contribution in [0, 0.1) is 0 Å². The Kier molecular flexibility index (Phi) is 4.15. The molecule has 0 spiro atoms. The maximum Gasteiger partial charge on any atom is 0.341 e. The molecular formula is C11H13BrO3. The van der Waals surface area contributed by atoms with Gasteiger partial charge in [-0.1, -0.05) is 28.9 Å². The number of carbonyl (C=O) groups is 1. The van der Waals surface area contributed by atoms with Crippen molar-refractivity contribution < 1.29 is 14.6 Å². The Balaban J connectivity index is 3.00. The van der Waals surface area contributed by atoms with Gasteiger partial charge in [-0.25, -0.2) is 4.79 Å². The minimum Gasteiger partial charge on any atom is -0.507 e. The average molecular weight is 273 g/mol. The molecule has 0 aliphatic rings. The number of alkyl halides is 1. The molecular weight excluding hydrogens is 260 g/mol. The highest BCUT2D eigenvalue weighted by molar-refractivity contribution is 9.09. The summed E-state index contributed by atoms with van der Waals surface area (Å²) in [6.45, 7) is 2.02. The van der Waals surface area contributed by atoms with Crippen molar-refractivity contribution in [3.8, 4) is 5.75 Å². The molecule has 1 aromatic rings. The van der Waals surface area contributed by atoms with Gasteiger partial charge < -0.3 is 9.84 Å². The molecule has 15 heavy (non-hydrogen) atoms. The topological polar surface area (TPSA) is 46.5 Å².